The maximum Gasteiger partial charge on any atom is 0.0605 e. The lowest BCUT2D eigenvalue weighted by Gasteiger charge is -2.17. The summed E-state index contributed by atoms with van der Waals surface area (Å²) in [6, 6.07) is 8.38. The summed E-state index contributed by atoms with van der Waals surface area (Å²) in [5.41, 5.74) is 2.40. The third-order valence-electron chi connectivity index (χ3n) is 2.63. The highest BCUT2D eigenvalue weighted by Crippen LogP contribution is 2.01. The van der Waals surface area contributed by atoms with E-state index in [0.717, 1.165) is 25.2 Å². The Bertz CT molecular complexity index is 378. The van der Waals surface area contributed by atoms with Crippen LogP contribution in [0.25, 0.3) is 0 Å². The third-order valence-corrected chi connectivity index (χ3v) is 2.63. The van der Waals surface area contributed by atoms with E-state index in [1.54, 1.807) is 0 Å². The van der Waals surface area contributed by atoms with Crippen LogP contribution in [0, 0.1) is 18.8 Å². The Morgan fingerprint density at radius 2 is 1.82 bits per heavy atom. The average molecular weight is 229 g/mol. The molecule has 0 N–H and O–H groups in total. The van der Waals surface area contributed by atoms with E-state index in [4.69, 9.17) is 0 Å². The normalized spacial score (nSPS) is 10.1. The molecule has 0 heterocycles. The van der Waals surface area contributed by atoms with Gasteiger partial charge in [-0.3, -0.25) is 4.90 Å². The highest BCUT2D eigenvalue weighted by atomic mass is 15.1. The van der Waals surface area contributed by atoms with Gasteiger partial charge in [-0.05, 0) is 50.6 Å². The molecule has 0 atom stereocenters. The molecule has 0 fully saturated rings. The maximum atomic E-state index is 3.27. The van der Waals surface area contributed by atoms with Gasteiger partial charge in [0.25, 0.3) is 0 Å². The van der Waals surface area contributed by atoms with Gasteiger partial charge in [0.15, 0.2) is 0 Å². The van der Waals surface area contributed by atoms with E-state index in [1.165, 1.54) is 18.4 Å². The zero-order valence-corrected chi connectivity index (χ0v) is 11.3. The minimum absolute atomic E-state index is 0.885. The van der Waals surface area contributed by atoms with E-state index >= 15 is 0 Å². The van der Waals surface area contributed by atoms with E-state index in [9.17, 15) is 0 Å². The van der Waals surface area contributed by atoms with Gasteiger partial charge in [-0.25, -0.2) is 0 Å². The van der Waals surface area contributed by atoms with Gasteiger partial charge in [-0.1, -0.05) is 37.8 Å². The lowest BCUT2D eigenvalue weighted by molar-refractivity contribution is 0.308. The molecule has 0 spiro atoms. The van der Waals surface area contributed by atoms with Crippen molar-refractivity contribution in [3.63, 3.8) is 0 Å². The molecule has 0 aromatic heterocycles. The van der Waals surface area contributed by atoms with Crippen molar-refractivity contribution in [2.75, 3.05) is 19.6 Å². The van der Waals surface area contributed by atoms with Gasteiger partial charge < -0.3 is 0 Å². The van der Waals surface area contributed by atoms with Gasteiger partial charge in [0.05, 0.1) is 6.54 Å². The summed E-state index contributed by atoms with van der Waals surface area (Å²) >= 11 is 0. The Morgan fingerprint density at radius 1 is 1.12 bits per heavy atom. The average Bonchev–Trinajstić information content (AvgIpc) is 2.30. The molecule has 1 rings (SSSR count). The Morgan fingerprint density at radius 3 is 2.41 bits per heavy atom. The number of hydrogen-bond acceptors (Lipinski definition) is 1. The summed E-state index contributed by atoms with van der Waals surface area (Å²) in [4.78, 5) is 2.42. The first-order chi connectivity index (χ1) is 8.26. The van der Waals surface area contributed by atoms with Crippen molar-refractivity contribution in [2.24, 2.45) is 0 Å². The van der Waals surface area contributed by atoms with Gasteiger partial charge in [-0.15, -0.1) is 0 Å². The van der Waals surface area contributed by atoms with E-state index < -0.39 is 0 Å². The fourth-order valence-electron chi connectivity index (χ4n) is 1.88. The van der Waals surface area contributed by atoms with Gasteiger partial charge >= 0.3 is 0 Å². The van der Waals surface area contributed by atoms with Gasteiger partial charge in [0.1, 0.15) is 0 Å². The molecule has 0 aliphatic rings. The Hall–Kier alpha value is -1.26. The first kappa shape index (κ1) is 13.8. The van der Waals surface area contributed by atoms with Crippen LogP contribution in [-0.4, -0.2) is 24.5 Å². The summed E-state index contributed by atoms with van der Waals surface area (Å²) < 4.78 is 0. The second-order valence-electron chi connectivity index (χ2n) is 4.45. The lowest BCUT2D eigenvalue weighted by atomic mass is 10.1. The molecular weight excluding hydrogens is 206 g/mol. The lowest BCUT2D eigenvalue weighted by Crippen LogP contribution is -2.25. The van der Waals surface area contributed by atoms with E-state index in [1.807, 2.05) is 0 Å². The molecule has 0 bridgehead atoms. The molecule has 1 aromatic carbocycles. The Balaban J connectivity index is 2.53. The molecule has 0 aliphatic carbocycles. The molecule has 0 saturated heterocycles. The predicted octanol–water partition coefficient (Wildman–Crippen LogP) is 3.47. The van der Waals surface area contributed by atoms with Crippen LogP contribution in [0.2, 0.25) is 0 Å². The van der Waals surface area contributed by atoms with Crippen LogP contribution in [0.15, 0.2) is 24.3 Å². The molecule has 0 unspecified atom stereocenters. The molecule has 0 aliphatic heterocycles. The standard InChI is InChI=1S/C16H23N/c1-4-11-17(12-5-2)13-7-10-16-9-6-8-15(3)14-16/h6,8-9,14H,4-5,11-13H2,1-3H3. The van der Waals surface area contributed by atoms with Crippen LogP contribution in [-0.2, 0) is 0 Å². The smallest absolute Gasteiger partial charge is 0.0605 e. The van der Waals surface area contributed by atoms with Crippen molar-refractivity contribution in [1.29, 1.82) is 0 Å². The third kappa shape index (κ3) is 5.56. The van der Waals surface area contributed by atoms with Gasteiger partial charge in [0.2, 0.25) is 0 Å². The first-order valence-corrected chi connectivity index (χ1v) is 6.54. The maximum absolute atomic E-state index is 3.27. The fourth-order valence-corrected chi connectivity index (χ4v) is 1.88. The number of nitrogens with zero attached hydrogens (tertiary/aromatic N) is 1. The van der Waals surface area contributed by atoms with Crippen molar-refractivity contribution in [3.8, 4) is 11.8 Å². The largest absolute Gasteiger partial charge is 0.292 e. The predicted molar refractivity (Wildman–Crippen MR) is 75.1 cm³/mol. The van der Waals surface area contributed by atoms with E-state index in [-0.39, 0.29) is 0 Å². The summed E-state index contributed by atoms with van der Waals surface area (Å²) in [7, 11) is 0. The SMILES string of the molecule is CCCN(CC#Cc1cccc(C)c1)CCC. The molecule has 92 valence electrons. The molecule has 1 nitrogen and oxygen atoms in total. The molecule has 1 aromatic rings. The van der Waals surface area contributed by atoms with E-state index in [2.05, 4.69) is 61.8 Å². The monoisotopic (exact) mass is 229 g/mol. The van der Waals surface area contributed by atoms with Crippen LogP contribution in [0.1, 0.15) is 37.8 Å². The fraction of sp³-hybridized carbons (Fsp3) is 0.500. The second-order valence-corrected chi connectivity index (χ2v) is 4.45. The van der Waals surface area contributed by atoms with Crippen molar-refractivity contribution in [1.82, 2.24) is 4.90 Å². The molecular formula is C16H23N. The minimum Gasteiger partial charge on any atom is -0.292 e. The van der Waals surface area contributed by atoms with Crippen molar-refractivity contribution < 1.29 is 0 Å². The topological polar surface area (TPSA) is 3.24 Å². The highest BCUT2D eigenvalue weighted by Gasteiger charge is 1.98. The highest BCUT2D eigenvalue weighted by molar-refractivity contribution is 5.36. The Kier molecular flexibility index (Phi) is 6.43. The molecule has 0 amide bonds. The summed E-state index contributed by atoms with van der Waals surface area (Å²) in [6.45, 7) is 9.72. The van der Waals surface area contributed by atoms with Crippen LogP contribution >= 0.6 is 0 Å². The summed E-state index contributed by atoms with van der Waals surface area (Å²) in [5.74, 6) is 6.52. The summed E-state index contributed by atoms with van der Waals surface area (Å²) in [6.07, 6.45) is 2.40. The van der Waals surface area contributed by atoms with Crippen LogP contribution in [0.4, 0.5) is 0 Å². The van der Waals surface area contributed by atoms with Crippen LogP contribution in [0.5, 0.6) is 0 Å². The van der Waals surface area contributed by atoms with Crippen LogP contribution < -0.4 is 0 Å². The molecule has 0 saturated carbocycles. The Labute approximate surface area is 106 Å². The van der Waals surface area contributed by atoms with Crippen LogP contribution in [0.3, 0.4) is 0 Å². The minimum atomic E-state index is 0.885. The number of benzene rings is 1. The van der Waals surface area contributed by atoms with Gasteiger partial charge in [0, 0.05) is 5.56 Å². The van der Waals surface area contributed by atoms with Gasteiger partial charge in [-0.2, -0.15) is 0 Å². The van der Waals surface area contributed by atoms with E-state index in [0.29, 0.717) is 0 Å². The van der Waals surface area contributed by atoms with Crippen molar-refractivity contribution in [3.05, 3.63) is 35.4 Å². The molecule has 0 radical (unpaired) electrons. The first-order valence-electron chi connectivity index (χ1n) is 6.54. The van der Waals surface area contributed by atoms with Crippen molar-refractivity contribution >= 4 is 0 Å². The number of aryl methyl sites for hydroxylation is 1. The number of hydrogen-bond donors (Lipinski definition) is 0. The zero-order valence-electron chi connectivity index (χ0n) is 11.3. The summed E-state index contributed by atoms with van der Waals surface area (Å²) in [5, 5.41) is 0. The second kappa shape index (κ2) is 7.92. The molecule has 17 heavy (non-hydrogen) atoms. The zero-order chi connectivity index (χ0) is 12.5. The number of rotatable bonds is 5. The molecule has 1 heteroatoms. The quantitative estimate of drug-likeness (QED) is 0.699. The van der Waals surface area contributed by atoms with Crippen molar-refractivity contribution in [2.45, 2.75) is 33.6 Å².